The van der Waals surface area contributed by atoms with Gasteiger partial charge in [-0.15, -0.1) is 10.2 Å². The predicted octanol–water partition coefficient (Wildman–Crippen LogP) is 4.70. The molecule has 3 aromatic rings. The molecular formula is C22H24ClN5. The molecule has 2 aromatic heterocycles. The lowest BCUT2D eigenvalue weighted by Crippen LogP contribution is -2.17. The summed E-state index contributed by atoms with van der Waals surface area (Å²) in [4.78, 5) is 6.84. The van der Waals surface area contributed by atoms with Crippen LogP contribution in [0.15, 0.2) is 42.6 Å². The van der Waals surface area contributed by atoms with E-state index in [1.54, 1.807) is 0 Å². The molecule has 3 heterocycles. The molecule has 5 rings (SSSR count). The molecule has 1 saturated carbocycles. The maximum atomic E-state index is 6.28. The minimum Gasteiger partial charge on any atom is -0.295 e. The Morgan fingerprint density at radius 3 is 2.57 bits per heavy atom. The summed E-state index contributed by atoms with van der Waals surface area (Å²) in [6.45, 7) is 1.66. The molecule has 0 spiro atoms. The second-order valence-electron chi connectivity index (χ2n) is 8.06. The second-order valence-corrected chi connectivity index (χ2v) is 8.49. The molecule has 0 saturated heterocycles. The number of hydrogen-bond acceptors (Lipinski definition) is 4. The number of hydrogen-bond donors (Lipinski definition) is 0. The van der Waals surface area contributed by atoms with Gasteiger partial charge < -0.3 is 0 Å². The number of benzene rings is 1. The van der Waals surface area contributed by atoms with Crippen LogP contribution in [-0.2, 0) is 13.1 Å². The van der Waals surface area contributed by atoms with Gasteiger partial charge in [0.25, 0.3) is 0 Å². The van der Waals surface area contributed by atoms with Gasteiger partial charge in [-0.3, -0.25) is 14.5 Å². The van der Waals surface area contributed by atoms with Crippen LogP contribution in [0.3, 0.4) is 0 Å². The lowest BCUT2D eigenvalue weighted by Gasteiger charge is -2.28. The summed E-state index contributed by atoms with van der Waals surface area (Å²) < 4.78 is 2.29. The largest absolute Gasteiger partial charge is 0.295 e. The molecule has 1 aliphatic carbocycles. The summed E-state index contributed by atoms with van der Waals surface area (Å²) >= 11 is 6.28. The number of pyridine rings is 1. The Morgan fingerprint density at radius 2 is 1.79 bits per heavy atom. The molecule has 0 amide bonds. The summed E-state index contributed by atoms with van der Waals surface area (Å²) in [6, 6.07) is 12.4. The van der Waals surface area contributed by atoms with Crippen molar-refractivity contribution in [2.24, 2.45) is 0 Å². The Morgan fingerprint density at radius 1 is 0.964 bits per heavy atom. The molecule has 0 atom stereocenters. The van der Waals surface area contributed by atoms with Crippen LogP contribution in [0.25, 0.3) is 5.69 Å². The van der Waals surface area contributed by atoms with Gasteiger partial charge in [-0.25, -0.2) is 0 Å². The Balaban J connectivity index is 1.45. The van der Waals surface area contributed by atoms with Crippen LogP contribution in [0, 0.1) is 0 Å². The van der Waals surface area contributed by atoms with Crippen molar-refractivity contribution in [3.05, 3.63) is 70.5 Å². The quantitative estimate of drug-likeness (QED) is 0.633. The van der Waals surface area contributed by atoms with Gasteiger partial charge in [-0.1, -0.05) is 17.7 Å². The number of aromatic nitrogens is 4. The van der Waals surface area contributed by atoms with Gasteiger partial charge in [0.05, 0.1) is 12.2 Å². The topological polar surface area (TPSA) is 46.8 Å². The third kappa shape index (κ3) is 3.23. The van der Waals surface area contributed by atoms with E-state index >= 15 is 0 Å². The maximum absolute atomic E-state index is 6.28. The first-order valence-electron chi connectivity index (χ1n) is 10.0. The summed E-state index contributed by atoms with van der Waals surface area (Å²) in [6.07, 6.45) is 6.45. The third-order valence-electron chi connectivity index (χ3n) is 6.09. The Labute approximate surface area is 170 Å². The van der Waals surface area contributed by atoms with Crippen molar-refractivity contribution in [3.63, 3.8) is 0 Å². The maximum Gasteiger partial charge on any atom is 0.151 e. The normalized spacial score (nSPS) is 22.4. The molecule has 2 aliphatic rings. The number of rotatable bonds is 2. The highest BCUT2D eigenvalue weighted by Gasteiger charge is 2.30. The summed E-state index contributed by atoms with van der Waals surface area (Å²) in [5, 5.41) is 10.00. The molecule has 5 nitrogen and oxygen atoms in total. The van der Waals surface area contributed by atoms with Crippen LogP contribution in [-0.4, -0.2) is 31.7 Å². The summed E-state index contributed by atoms with van der Waals surface area (Å²) in [5.41, 5.74) is 3.63. The predicted molar refractivity (Wildman–Crippen MR) is 110 cm³/mol. The molecule has 144 valence electrons. The van der Waals surface area contributed by atoms with Gasteiger partial charge in [0, 0.05) is 35.3 Å². The van der Waals surface area contributed by atoms with Gasteiger partial charge in [0.1, 0.15) is 5.82 Å². The van der Waals surface area contributed by atoms with Crippen molar-refractivity contribution in [1.82, 2.24) is 24.6 Å². The first-order chi connectivity index (χ1) is 13.7. The van der Waals surface area contributed by atoms with E-state index in [4.69, 9.17) is 11.6 Å². The van der Waals surface area contributed by atoms with Crippen LogP contribution in [0.1, 0.15) is 60.4 Å². The SMILES string of the molecule is CN1Cc2cc(Cl)ccc2-n2c(nnc2C2CCC(c3ccccn3)CC2)C1. The highest BCUT2D eigenvalue weighted by Crippen LogP contribution is 2.40. The molecule has 0 N–H and O–H groups in total. The van der Waals surface area contributed by atoms with Crippen molar-refractivity contribution in [2.75, 3.05) is 7.05 Å². The zero-order valence-electron chi connectivity index (χ0n) is 16.1. The van der Waals surface area contributed by atoms with E-state index in [9.17, 15) is 0 Å². The molecule has 0 radical (unpaired) electrons. The van der Waals surface area contributed by atoms with E-state index in [1.165, 1.54) is 16.9 Å². The molecule has 1 aromatic carbocycles. The average molecular weight is 394 g/mol. The highest BCUT2D eigenvalue weighted by molar-refractivity contribution is 6.30. The highest BCUT2D eigenvalue weighted by atomic mass is 35.5. The fraction of sp³-hybridized carbons (Fsp3) is 0.409. The fourth-order valence-corrected chi connectivity index (χ4v) is 4.91. The van der Waals surface area contributed by atoms with Gasteiger partial charge in [-0.05, 0) is 68.6 Å². The first-order valence-corrected chi connectivity index (χ1v) is 10.4. The first kappa shape index (κ1) is 17.8. The van der Waals surface area contributed by atoms with E-state index in [0.29, 0.717) is 11.8 Å². The molecule has 6 heteroatoms. The van der Waals surface area contributed by atoms with E-state index in [-0.39, 0.29) is 0 Å². The van der Waals surface area contributed by atoms with Crippen LogP contribution in [0.2, 0.25) is 5.02 Å². The lowest BCUT2D eigenvalue weighted by atomic mass is 9.80. The van der Waals surface area contributed by atoms with Crippen molar-refractivity contribution < 1.29 is 0 Å². The van der Waals surface area contributed by atoms with E-state index < -0.39 is 0 Å². The van der Waals surface area contributed by atoms with Gasteiger partial charge in [0.15, 0.2) is 5.82 Å². The van der Waals surface area contributed by atoms with Crippen molar-refractivity contribution in [2.45, 2.75) is 50.6 Å². The van der Waals surface area contributed by atoms with Crippen LogP contribution in [0.5, 0.6) is 0 Å². The van der Waals surface area contributed by atoms with E-state index in [0.717, 1.165) is 55.4 Å². The monoisotopic (exact) mass is 393 g/mol. The van der Waals surface area contributed by atoms with Crippen LogP contribution in [0.4, 0.5) is 0 Å². The number of halogens is 1. The third-order valence-corrected chi connectivity index (χ3v) is 6.32. The molecule has 1 fully saturated rings. The van der Waals surface area contributed by atoms with Crippen molar-refractivity contribution in [1.29, 1.82) is 0 Å². The molecule has 28 heavy (non-hydrogen) atoms. The minimum atomic E-state index is 0.438. The Kier molecular flexibility index (Phi) is 4.65. The Hall–Kier alpha value is -2.24. The molecule has 0 bridgehead atoms. The van der Waals surface area contributed by atoms with Crippen molar-refractivity contribution >= 4 is 11.6 Å². The standard InChI is InChI=1S/C22H24ClN5/c1-27-13-17-12-18(23)9-10-20(17)28-21(14-27)25-26-22(28)16-7-5-15(6-8-16)19-4-2-3-11-24-19/h2-4,9-12,15-16H,5-8,13-14H2,1H3. The minimum absolute atomic E-state index is 0.438. The van der Waals surface area contributed by atoms with Crippen LogP contribution < -0.4 is 0 Å². The van der Waals surface area contributed by atoms with Crippen LogP contribution >= 0.6 is 11.6 Å². The van der Waals surface area contributed by atoms with Crippen molar-refractivity contribution in [3.8, 4) is 5.69 Å². The molecular weight excluding hydrogens is 370 g/mol. The Bertz CT molecular complexity index is 976. The average Bonchev–Trinajstić information content (AvgIpc) is 3.06. The van der Waals surface area contributed by atoms with Gasteiger partial charge >= 0.3 is 0 Å². The fourth-order valence-electron chi connectivity index (χ4n) is 4.71. The zero-order valence-corrected chi connectivity index (χ0v) is 16.8. The lowest BCUT2D eigenvalue weighted by molar-refractivity contribution is 0.315. The molecule has 0 unspecified atom stereocenters. The number of fused-ring (bicyclic) bond motifs is 3. The van der Waals surface area contributed by atoms with E-state index in [2.05, 4.69) is 56.0 Å². The number of nitrogens with zero attached hydrogens (tertiary/aromatic N) is 5. The second kappa shape index (κ2) is 7.30. The zero-order chi connectivity index (χ0) is 19.1. The molecule has 1 aliphatic heterocycles. The smallest absolute Gasteiger partial charge is 0.151 e. The van der Waals surface area contributed by atoms with Gasteiger partial charge in [-0.2, -0.15) is 0 Å². The summed E-state index contributed by atoms with van der Waals surface area (Å²) in [5.74, 6) is 3.12. The van der Waals surface area contributed by atoms with Gasteiger partial charge in [0.2, 0.25) is 0 Å². The van der Waals surface area contributed by atoms with E-state index in [1.807, 2.05) is 18.3 Å². The summed E-state index contributed by atoms with van der Waals surface area (Å²) in [7, 11) is 2.12.